The lowest BCUT2D eigenvalue weighted by Crippen LogP contribution is -2.24. The Morgan fingerprint density at radius 1 is 1.00 bits per heavy atom. The summed E-state index contributed by atoms with van der Waals surface area (Å²) in [4.78, 5) is 27.5. The monoisotopic (exact) mass is 473 g/mol. The van der Waals surface area contributed by atoms with E-state index in [0.717, 1.165) is 16.7 Å². The van der Waals surface area contributed by atoms with Gasteiger partial charge in [0.15, 0.2) is 0 Å². The largest absolute Gasteiger partial charge is 0.489 e. The molecule has 0 aromatic heterocycles. The van der Waals surface area contributed by atoms with Gasteiger partial charge < -0.3 is 9.47 Å². The maximum Gasteiger partial charge on any atom is 0.340 e. The van der Waals surface area contributed by atoms with E-state index in [0.29, 0.717) is 28.8 Å². The van der Waals surface area contributed by atoms with Gasteiger partial charge in [0.25, 0.3) is 5.91 Å². The van der Waals surface area contributed by atoms with Crippen molar-refractivity contribution < 1.29 is 19.1 Å². The van der Waals surface area contributed by atoms with Crippen molar-refractivity contribution in [2.75, 3.05) is 12.0 Å². The van der Waals surface area contributed by atoms with Crippen LogP contribution in [-0.2, 0) is 20.9 Å². The maximum atomic E-state index is 13.4. The number of esters is 1. The summed E-state index contributed by atoms with van der Waals surface area (Å²) in [5.74, 6) is -0.178. The third-order valence-corrected chi connectivity index (χ3v) is 6.05. The first-order valence-electron chi connectivity index (χ1n) is 10.8. The van der Waals surface area contributed by atoms with E-state index in [9.17, 15) is 9.59 Å². The molecule has 3 aromatic carbocycles. The van der Waals surface area contributed by atoms with Gasteiger partial charge in [0, 0.05) is 10.7 Å². The van der Waals surface area contributed by atoms with Gasteiger partial charge in [-0.3, -0.25) is 9.69 Å². The van der Waals surface area contributed by atoms with Crippen LogP contribution in [0.2, 0.25) is 5.02 Å². The second-order valence-corrected chi connectivity index (χ2v) is 8.33. The Morgan fingerprint density at radius 3 is 2.35 bits per heavy atom. The van der Waals surface area contributed by atoms with E-state index >= 15 is 0 Å². The molecule has 0 spiro atoms. The molecule has 34 heavy (non-hydrogen) atoms. The number of allylic oxidation sites excluding steroid dienone is 1. The van der Waals surface area contributed by atoms with Crippen molar-refractivity contribution in [2.45, 2.75) is 20.5 Å². The molecule has 0 unspecified atom stereocenters. The third-order valence-electron chi connectivity index (χ3n) is 5.64. The van der Waals surface area contributed by atoms with Crippen molar-refractivity contribution in [1.82, 2.24) is 0 Å². The molecule has 1 aliphatic heterocycles. The fraction of sp³-hybridized carbons (Fsp3) is 0.143. The fourth-order valence-electron chi connectivity index (χ4n) is 3.78. The van der Waals surface area contributed by atoms with E-state index in [4.69, 9.17) is 21.1 Å². The molecule has 1 amide bonds. The van der Waals surface area contributed by atoms with Crippen molar-refractivity contribution in [2.24, 2.45) is 0 Å². The average molecular weight is 474 g/mol. The molecule has 0 saturated heterocycles. The molecule has 0 bridgehead atoms. The van der Waals surface area contributed by atoms with Gasteiger partial charge in [-0.25, -0.2) is 4.79 Å². The van der Waals surface area contributed by atoms with E-state index in [1.54, 1.807) is 25.1 Å². The third kappa shape index (κ3) is 4.75. The van der Waals surface area contributed by atoms with Gasteiger partial charge in [0.2, 0.25) is 0 Å². The average Bonchev–Trinajstić information content (AvgIpc) is 3.09. The van der Waals surface area contributed by atoms with E-state index in [2.05, 4.69) is 0 Å². The number of benzene rings is 3. The highest BCUT2D eigenvalue weighted by molar-refractivity contribution is 6.32. The van der Waals surface area contributed by atoms with Crippen molar-refractivity contribution in [3.8, 4) is 5.75 Å². The van der Waals surface area contributed by atoms with Crippen LogP contribution >= 0.6 is 11.6 Å². The van der Waals surface area contributed by atoms with Crippen LogP contribution < -0.4 is 9.64 Å². The van der Waals surface area contributed by atoms with Gasteiger partial charge in [-0.2, -0.15) is 0 Å². The number of nitrogens with zero attached hydrogens (tertiary/aromatic N) is 1. The molecule has 172 valence electrons. The highest BCUT2D eigenvalue weighted by atomic mass is 35.5. The van der Waals surface area contributed by atoms with Crippen LogP contribution in [0.4, 0.5) is 5.69 Å². The van der Waals surface area contributed by atoms with Gasteiger partial charge in [-0.1, -0.05) is 60.1 Å². The number of methoxy groups -OCH3 is 1. The number of amides is 1. The lowest BCUT2D eigenvalue weighted by Gasteiger charge is -2.18. The SMILES string of the molecule is COC(=O)C1=C(C)N(c2ccc(C)c(Cl)c2)C(=O)/C1=C\c1ccc(OCc2ccccc2)cc1. The van der Waals surface area contributed by atoms with Gasteiger partial charge in [-0.15, -0.1) is 0 Å². The summed E-state index contributed by atoms with van der Waals surface area (Å²) >= 11 is 6.29. The molecule has 0 radical (unpaired) electrons. The minimum atomic E-state index is -0.569. The van der Waals surface area contributed by atoms with Crippen LogP contribution in [0.1, 0.15) is 23.6 Å². The van der Waals surface area contributed by atoms with E-state index in [1.165, 1.54) is 12.0 Å². The highest BCUT2D eigenvalue weighted by Gasteiger charge is 2.38. The normalized spacial score (nSPS) is 14.6. The van der Waals surface area contributed by atoms with Crippen molar-refractivity contribution in [3.05, 3.63) is 111 Å². The molecule has 4 rings (SSSR count). The van der Waals surface area contributed by atoms with Crippen LogP contribution in [0, 0.1) is 6.92 Å². The predicted octanol–water partition coefficient (Wildman–Crippen LogP) is 6.10. The second kappa shape index (κ2) is 9.98. The van der Waals surface area contributed by atoms with Gasteiger partial charge in [0.1, 0.15) is 12.4 Å². The quantitative estimate of drug-likeness (QED) is 0.320. The Kier molecular flexibility index (Phi) is 6.85. The summed E-state index contributed by atoms with van der Waals surface area (Å²) in [7, 11) is 1.30. The first kappa shape index (κ1) is 23.3. The molecule has 1 heterocycles. The van der Waals surface area contributed by atoms with Crippen LogP contribution in [0.3, 0.4) is 0 Å². The molecule has 0 atom stereocenters. The molecule has 3 aromatic rings. The Balaban J connectivity index is 1.62. The molecule has 5 nitrogen and oxygen atoms in total. The minimum Gasteiger partial charge on any atom is -0.489 e. The molecular weight excluding hydrogens is 450 g/mol. The van der Waals surface area contributed by atoms with Gasteiger partial charge >= 0.3 is 5.97 Å². The number of carbonyl (C=O) groups excluding carboxylic acids is 2. The first-order valence-corrected chi connectivity index (χ1v) is 11.2. The number of carbonyl (C=O) groups is 2. The smallest absolute Gasteiger partial charge is 0.340 e. The van der Waals surface area contributed by atoms with Crippen molar-refractivity contribution in [1.29, 1.82) is 0 Å². The number of hydrogen-bond donors (Lipinski definition) is 0. The number of aryl methyl sites for hydroxylation is 1. The topological polar surface area (TPSA) is 55.8 Å². The predicted molar refractivity (Wildman–Crippen MR) is 134 cm³/mol. The summed E-state index contributed by atoms with van der Waals surface area (Å²) in [6.07, 6.45) is 1.69. The molecule has 0 N–H and O–H groups in total. The second-order valence-electron chi connectivity index (χ2n) is 7.93. The summed E-state index contributed by atoms with van der Waals surface area (Å²) in [6.45, 7) is 4.07. The zero-order valence-electron chi connectivity index (χ0n) is 19.2. The first-order chi connectivity index (χ1) is 16.4. The van der Waals surface area contributed by atoms with Crippen LogP contribution in [0.15, 0.2) is 89.6 Å². The fourth-order valence-corrected chi connectivity index (χ4v) is 3.95. The summed E-state index contributed by atoms with van der Waals surface area (Å²) in [6, 6.07) is 22.6. The Labute approximate surface area is 203 Å². The number of halogens is 1. The number of ether oxygens (including phenoxy) is 2. The van der Waals surface area contributed by atoms with Crippen molar-refractivity contribution in [3.63, 3.8) is 0 Å². The molecule has 0 aliphatic carbocycles. The molecule has 6 heteroatoms. The number of hydrogen-bond acceptors (Lipinski definition) is 4. The zero-order chi connectivity index (χ0) is 24.2. The maximum absolute atomic E-state index is 13.4. The van der Waals surface area contributed by atoms with Gasteiger partial charge in [0.05, 0.1) is 23.9 Å². The zero-order valence-corrected chi connectivity index (χ0v) is 19.9. The van der Waals surface area contributed by atoms with E-state index in [1.807, 2.05) is 67.6 Å². The van der Waals surface area contributed by atoms with Gasteiger partial charge in [-0.05, 0) is 60.9 Å². The lowest BCUT2D eigenvalue weighted by molar-refractivity contribution is -0.136. The Hall–Kier alpha value is -3.83. The molecule has 0 saturated carbocycles. The molecule has 1 aliphatic rings. The molecular formula is C28H24ClNO4. The highest BCUT2D eigenvalue weighted by Crippen LogP contribution is 2.37. The lowest BCUT2D eigenvalue weighted by atomic mass is 10.0. The minimum absolute atomic E-state index is 0.230. The number of rotatable bonds is 6. The van der Waals surface area contributed by atoms with Crippen molar-refractivity contribution >= 4 is 35.2 Å². The summed E-state index contributed by atoms with van der Waals surface area (Å²) < 4.78 is 10.8. The Morgan fingerprint density at radius 2 is 1.71 bits per heavy atom. The standard InChI is InChI=1S/C28H24ClNO4/c1-18-9-12-22(16-25(18)29)30-19(2)26(28(32)33-3)24(27(30)31)15-20-10-13-23(14-11-20)34-17-21-7-5-4-6-8-21/h4-16H,17H2,1-3H3/b24-15-. The van der Waals surface area contributed by atoms with Crippen LogP contribution in [0.5, 0.6) is 5.75 Å². The van der Waals surface area contributed by atoms with Crippen LogP contribution in [-0.4, -0.2) is 19.0 Å². The summed E-state index contributed by atoms with van der Waals surface area (Å²) in [5, 5.41) is 0.543. The molecule has 0 fully saturated rings. The number of anilines is 1. The van der Waals surface area contributed by atoms with E-state index in [-0.39, 0.29) is 17.1 Å². The summed E-state index contributed by atoms with van der Waals surface area (Å²) in [5.41, 5.74) is 4.31. The van der Waals surface area contributed by atoms with Crippen LogP contribution in [0.25, 0.3) is 6.08 Å². The Bertz CT molecular complexity index is 1290. The van der Waals surface area contributed by atoms with E-state index < -0.39 is 5.97 Å².